The molecular weight excluding hydrogens is 328 g/mol. The maximum atomic E-state index is 12.6. The molecule has 0 radical (unpaired) electrons. The summed E-state index contributed by atoms with van der Waals surface area (Å²) in [6.45, 7) is 9.44. The Balaban J connectivity index is 1.48. The van der Waals surface area contributed by atoms with Gasteiger partial charge in [-0.1, -0.05) is 13.8 Å². The lowest BCUT2D eigenvalue weighted by atomic mass is 9.92. The van der Waals surface area contributed by atoms with E-state index in [0.29, 0.717) is 42.7 Å². The molecule has 1 aromatic carbocycles. The number of piperidine rings is 1. The fraction of sp³-hybridized carbons (Fsp3) is 0.600. The first-order chi connectivity index (χ1) is 12.4. The first kappa shape index (κ1) is 18.7. The Hall–Kier alpha value is -2.08. The average Bonchev–Trinajstić information content (AvgIpc) is 2.61. The Kier molecular flexibility index (Phi) is 5.81. The molecule has 2 fully saturated rings. The number of nitrogens with zero attached hydrogens (tertiary/aromatic N) is 3. The molecule has 0 spiro atoms. The third-order valence-corrected chi connectivity index (χ3v) is 5.40. The minimum Gasteiger partial charge on any atom is -0.399 e. The fourth-order valence-electron chi connectivity index (χ4n) is 4.08. The minimum atomic E-state index is 0.0367. The molecule has 0 saturated carbocycles. The van der Waals surface area contributed by atoms with Gasteiger partial charge in [0.15, 0.2) is 0 Å². The van der Waals surface area contributed by atoms with Crippen LogP contribution in [0.2, 0.25) is 0 Å². The first-order valence-electron chi connectivity index (χ1n) is 9.57. The molecule has 2 aliphatic heterocycles. The van der Waals surface area contributed by atoms with E-state index in [9.17, 15) is 9.59 Å². The molecule has 26 heavy (non-hydrogen) atoms. The van der Waals surface area contributed by atoms with Gasteiger partial charge in [-0.15, -0.1) is 0 Å². The third kappa shape index (κ3) is 4.55. The molecule has 2 unspecified atom stereocenters. The van der Waals surface area contributed by atoms with Crippen LogP contribution in [0, 0.1) is 11.8 Å². The largest absolute Gasteiger partial charge is 0.399 e. The quantitative estimate of drug-likeness (QED) is 0.832. The molecule has 6 heteroatoms. The molecule has 3 rings (SSSR count). The molecule has 6 nitrogen and oxygen atoms in total. The third-order valence-electron chi connectivity index (χ3n) is 5.40. The van der Waals surface area contributed by atoms with Gasteiger partial charge >= 0.3 is 0 Å². The number of hydrogen-bond donors (Lipinski definition) is 1. The van der Waals surface area contributed by atoms with E-state index < -0.39 is 0 Å². The second-order valence-electron chi connectivity index (χ2n) is 7.94. The van der Waals surface area contributed by atoms with Gasteiger partial charge in [0.2, 0.25) is 5.91 Å². The number of amides is 2. The molecule has 2 atom stereocenters. The molecule has 0 aliphatic carbocycles. The van der Waals surface area contributed by atoms with Crippen LogP contribution in [0.4, 0.5) is 5.69 Å². The van der Waals surface area contributed by atoms with Crippen LogP contribution < -0.4 is 5.73 Å². The summed E-state index contributed by atoms with van der Waals surface area (Å²) < 4.78 is 0. The minimum absolute atomic E-state index is 0.0367. The van der Waals surface area contributed by atoms with Crippen molar-refractivity contribution in [3.05, 3.63) is 29.8 Å². The van der Waals surface area contributed by atoms with Crippen LogP contribution in [0.25, 0.3) is 0 Å². The number of anilines is 1. The highest BCUT2D eigenvalue weighted by atomic mass is 16.2. The van der Waals surface area contributed by atoms with E-state index in [1.807, 2.05) is 9.80 Å². The highest BCUT2D eigenvalue weighted by Crippen LogP contribution is 2.21. The summed E-state index contributed by atoms with van der Waals surface area (Å²) in [5.41, 5.74) is 7.01. The SMILES string of the molecule is CC1CC(C)CN(C(=O)CN2CCN(C(=O)c3ccc(N)cc3)CC2)C1. The Morgan fingerprint density at radius 2 is 1.54 bits per heavy atom. The van der Waals surface area contributed by atoms with Crippen molar-refractivity contribution in [2.24, 2.45) is 11.8 Å². The molecule has 142 valence electrons. The number of carbonyl (C=O) groups excluding carboxylic acids is 2. The van der Waals surface area contributed by atoms with Gasteiger partial charge in [-0.25, -0.2) is 0 Å². The number of carbonyl (C=O) groups is 2. The topological polar surface area (TPSA) is 69.9 Å². The van der Waals surface area contributed by atoms with Crippen molar-refractivity contribution in [3.63, 3.8) is 0 Å². The smallest absolute Gasteiger partial charge is 0.253 e. The number of hydrogen-bond acceptors (Lipinski definition) is 4. The zero-order valence-electron chi connectivity index (χ0n) is 15.9. The zero-order chi connectivity index (χ0) is 18.7. The summed E-state index contributed by atoms with van der Waals surface area (Å²) in [6, 6.07) is 7.05. The zero-order valence-corrected chi connectivity index (χ0v) is 15.9. The second-order valence-corrected chi connectivity index (χ2v) is 7.94. The van der Waals surface area contributed by atoms with Crippen LogP contribution in [0.1, 0.15) is 30.6 Å². The van der Waals surface area contributed by atoms with Gasteiger partial charge in [0.05, 0.1) is 6.54 Å². The molecular formula is C20H30N4O2. The van der Waals surface area contributed by atoms with Crippen molar-refractivity contribution in [1.82, 2.24) is 14.7 Å². The highest BCUT2D eigenvalue weighted by Gasteiger charge is 2.28. The van der Waals surface area contributed by atoms with E-state index >= 15 is 0 Å². The number of benzene rings is 1. The Morgan fingerprint density at radius 3 is 2.12 bits per heavy atom. The number of nitrogen functional groups attached to an aromatic ring is 1. The van der Waals surface area contributed by atoms with Crippen molar-refractivity contribution in [2.75, 3.05) is 51.5 Å². The summed E-state index contributed by atoms with van der Waals surface area (Å²) in [7, 11) is 0. The van der Waals surface area contributed by atoms with Crippen molar-refractivity contribution in [3.8, 4) is 0 Å². The van der Waals surface area contributed by atoms with E-state index in [1.165, 1.54) is 6.42 Å². The van der Waals surface area contributed by atoms with E-state index in [4.69, 9.17) is 5.73 Å². The normalized spacial score (nSPS) is 24.5. The van der Waals surface area contributed by atoms with E-state index in [1.54, 1.807) is 24.3 Å². The van der Waals surface area contributed by atoms with Gasteiger partial charge in [0, 0.05) is 50.5 Å². The first-order valence-corrected chi connectivity index (χ1v) is 9.57. The molecule has 1 aromatic rings. The maximum Gasteiger partial charge on any atom is 0.253 e. The monoisotopic (exact) mass is 358 g/mol. The van der Waals surface area contributed by atoms with Gasteiger partial charge in [0.1, 0.15) is 0 Å². The molecule has 0 aromatic heterocycles. The predicted octanol–water partition coefficient (Wildman–Crippen LogP) is 1.53. The van der Waals surface area contributed by atoms with Crippen molar-refractivity contribution >= 4 is 17.5 Å². The average molecular weight is 358 g/mol. The molecule has 2 N–H and O–H groups in total. The Morgan fingerprint density at radius 1 is 0.962 bits per heavy atom. The maximum absolute atomic E-state index is 12.6. The molecule has 0 bridgehead atoms. The van der Waals surface area contributed by atoms with Crippen LogP contribution in [0.5, 0.6) is 0 Å². The summed E-state index contributed by atoms with van der Waals surface area (Å²) in [4.78, 5) is 31.2. The van der Waals surface area contributed by atoms with E-state index in [-0.39, 0.29) is 11.8 Å². The number of nitrogens with two attached hydrogens (primary N) is 1. The van der Waals surface area contributed by atoms with Crippen molar-refractivity contribution in [1.29, 1.82) is 0 Å². The molecule has 2 aliphatic rings. The van der Waals surface area contributed by atoms with Crippen molar-refractivity contribution in [2.45, 2.75) is 20.3 Å². The lowest BCUT2D eigenvalue weighted by Crippen LogP contribution is -2.53. The Bertz CT molecular complexity index is 628. The van der Waals surface area contributed by atoms with Crippen LogP contribution in [0.3, 0.4) is 0 Å². The molecule has 2 saturated heterocycles. The van der Waals surface area contributed by atoms with Crippen LogP contribution >= 0.6 is 0 Å². The summed E-state index contributed by atoms with van der Waals surface area (Å²) in [5.74, 6) is 1.42. The van der Waals surface area contributed by atoms with Gasteiger partial charge < -0.3 is 15.5 Å². The van der Waals surface area contributed by atoms with Crippen molar-refractivity contribution < 1.29 is 9.59 Å². The lowest BCUT2D eigenvalue weighted by molar-refractivity contribution is -0.135. The number of piperazine rings is 1. The van der Waals surface area contributed by atoms with Gasteiger partial charge in [-0.2, -0.15) is 0 Å². The van der Waals surface area contributed by atoms with E-state index in [0.717, 1.165) is 26.2 Å². The fourth-order valence-corrected chi connectivity index (χ4v) is 4.08. The van der Waals surface area contributed by atoms with E-state index in [2.05, 4.69) is 18.7 Å². The highest BCUT2D eigenvalue weighted by molar-refractivity contribution is 5.94. The molecule has 2 heterocycles. The number of likely N-dealkylation sites (tertiary alicyclic amines) is 1. The van der Waals surface area contributed by atoms with Gasteiger partial charge in [-0.3, -0.25) is 14.5 Å². The standard InChI is InChI=1S/C20H30N4O2/c1-15-11-16(2)13-24(12-15)19(25)14-22-7-9-23(10-8-22)20(26)17-3-5-18(21)6-4-17/h3-6,15-16H,7-14,21H2,1-2H3. The summed E-state index contributed by atoms with van der Waals surface area (Å²) in [6.07, 6.45) is 1.20. The van der Waals surface area contributed by atoms with Gasteiger partial charge in [0.25, 0.3) is 5.91 Å². The van der Waals surface area contributed by atoms with Crippen LogP contribution in [-0.2, 0) is 4.79 Å². The lowest BCUT2D eigenvalue weighted by Gasteiger charge is -2.38. The Labute approximate surface area is 155 Å². The second kappa shape index (κ2) is 8.08. The summed E-state index contributed by atoms with van der Waals surface area (Å²) in [5, 5.41) is 0. The predicted molar refractivity (Wildman–Crippen MR) is 103 cm³/mol. The molecule has 2 amide bonds. The number of rotatable bonds is 3. The van der Waals surface area contributed by atoms with Crippen LogP contribution in [-0.4, -0.2) is 72.3 Å². The van der Waals surface area contributed by atoms with Gasteiger partial charge in [-0.05, 0) is 42.5 Å². The van der Waals surface area contributed by atoms with Crippen LogP contribution in [0.15, 0.2) is 24.3 Å². The summed E-state index contributed by atoms with van der Waals surface area (Å²) >= 11 is 0.